The molecule has 0 bridgehead atoms. The van der Waals surface area contributed by atoms with Gasteiger partial charge in [0.1, 0.15) is 11.7 Å². The molecule has 1 aromatic heterocycles. The van der Waals surface area contributed by atoms with Crippen molar-refractivity contribution >= 4 is 27.8 Å². The van der Waals surface area contributed by atoms with E-state index in [1.54, 1.807) is 23.8 Å². The number of hydrogen-bond acceptors (Lipinski definition) is 2. The number of carboxylic acid groups (broad SMARTS) is 1. The van der Waals surface area contributed by atoms with E-state index in [4.69, 9.17) is 5.11 Å². The molecular weight excluding hydrogens is 288 g/mol. The van der Waals surface area contributed by atoms with Crippen molar-refractivity contribution < 1.29 is 14.7 Å². The summed E-state index contributed by atoms with van der Waals surface area (Å²) in [4.78, 5) is 22.7. The highest BCUT2D eigenvalue weighted by molar-refractivity contribution is 9.10. The smallest absolute Gasteiger partial charge is 0.326 e. The molecule has 5 nitrogen and oxygen atoms in total. The Morgan fingerprint density at radius 3 is 2.65 bits per heavy atom. The van der Waals surface area contributed by atoms with Gasteiger partial charge in [0.05, 0.1) is 0 Å². The predicted molar refractivity (Wildman–Crippen MR) is 67.0 cm³/mol. The molecule has 0 aliphatic rings. The van der Waals surface area contributed by atoms with Crippen LogP contribution in [0.25, 0.3) is 0 Å². The lowest BCUT2D eigenvalue weighted by Gasteiger charge is -2.13. The van der Waals surface area contributed by atoms with Crippen LogP contribution in [0.2, 0.25) is 0 Å². The highest BCUT2D eigenvalue weighted by Crippen LogP contribution is 2.15. The van der Waals surface area contributed by atoms with Crippen LogP contribution in [-0.4, -0.2) is 27.6 Å². The molecule has 1 aromatic rings. The second kappa shape index (κ2) is 5.86. The number of rotatable bonds is 5. The van der Waals surface area contributed by atoms with Crippen molar-refractivity contribution in [2.45, 2.75) is 32.9 Å². The van der Waals surface area contributed by atoms with Gasteiger partial charge >= 0.3 is 5.97 Å². The van der Waals surface area contributed by atoms with Gasteiger partial charge in [-0.15, -0.1) is 0 Å². The summed E-state index contributed by atoms with van der Waals surface area (Å²) in [6.45, 7) is 4.28. The molecule has 94 valence electrons. The summed E-state index contributed by atoms with van der Waals surface area (Å²) in [5.74, 6) is -1.39. The van der Waals surface area contributed by atoms with Crippen LogP contribution >= 0.6 is 15.9 Å². The largest absolute Gasteiger partial charge is 0.480 e. The molecule has 0 spiro atoms. The molecule has 0 unspecified atom stereocenters. The van der Waals surface area contributed by atoms with E-state index in [-0.39, 0.29) is 5.91 Å². The maximum absolute atomic E-state index is 11.9. The summed E-state index contributed by atoms with van der Waals surface area (Å²) in [6, 6.07) is 0.828. The maximum Gasteiger partial charge on any atom is 0.326 e. The van der Waals surface area contributed by atoms with Crippen LogP contribution < -0.4 is 5.32 Å². The van der Waals surface area contributed by atoms with E-state index in [0.717, 1.165) is 4.47 Å². The molecule has 1 rings (SSSR count). The van der Waals surface area contributed by atoms with E-state index in [1.165, 1.54) is 0 Å². The molecule has 17 heavy (non-hydrogen) atoms. The molecule has 0 radical (unpaired) electrons. The minimum Gasteiger partial charge on any atom is -0.480 e. The van der Waals surface area contributed by atoms with Gasteiger partial charge in [-0.1, -0.05) is 6.92 Å². The highest BCUT2D eigenvalue weighted by atomic mass is 79.9. The molecule has 2 N–H and O–H groups in total. The number of hydrogen-bond donors (Lipinski definition) is 2. The standard InChI is InChI=1S/C11H15BrN2O3/c1-3-8(11(16)17)13-10(15)9-5-7(12)6-14(9)4-2/h5-6,8H,3-4H2,1-2H3,(H,13,15)(H,16,17)/t8-/m1/s1. The normalized spacial score (nSPS) is 12.2. The lowest BCUT2D eigenvalue weighted by atomic mass is 10.2. The number of nitrogens with one attached hydrogen (secondary N) is 1. The summed E-state index contributed by atoms with van der Waals surface area (Å²) in [5.41, 5.74) is 0.457. The Balaban J connectivity index is 2.85. The summed E-state index contributed by atoms with van der Waals surface area (Å²) in [5, 5.41) is 11.4. The number of carbonyl (C=O) groups is 2. The fourth-order valence-corrected chi connectivity index (χ4v) is 1.96. The average molecular weight is 303 g/mol. The van der Waals surface area contributed by atoms with Gasteiger partial charge in [-0.05, 0) is 35.3 Å². The van der Waals surface area contributed by atoms with Crippen molar-refractivity contribution in [2.75, 3.05) is 0 Å². The first-order chi connectivity index (χ1) is 7.99. The van der Waals surface area contributed by atoms with Gasteiger partial charge in [-0.3, -0.25) is 4.79 Å². The van der Waals surface area contributed by atoms with Crippen LogP contribution in [0.5, 0.6) is 0 Å². The van der Waals surface area contributed by atoms with Gasteiger partial charge in [0.2, 0.25) is 0 Å². The van der Waals surface area contributed by atoms with Crippen LogP contribution in [0.15, 0.2) is 16.7 Å². The molecule has 0 aromatic carbocycles. The fraction of sp³-hybridized carbons (Fsp3) is 0.455. The lowest BCUT2D eigenvalue weighted by Crippen LogP contribution is -2.40. The number of aryl methyl sites for hydroxylation is 1. The molecule has 0 saturated heterocycles. The Kier molecular flexibility index (Phi) is 4.74. The summed E-state index contributed by atoms with van der Waals surface area (Å²) in [7, 11) is 0. The van der Waals surface area contributed by atoms with Crippen LogP contribution in [0.1, 0.15) is 30.8 Å². The van der Waals surface area contributed by atoms with Gasteiger partial charge in [0.25, 0.3) is 5.91 Å². The van der Waals surface area contributed by atoms with Crippen LogP contribution in [0, 0.1) is 0 Å². The molecule has 1 heterocycles. The lowest BCUT2D eigenvalue weighted by molar-refractivity contribution is -0.139. The molecule has 0 aliphatic heterocycles. The first kappa shape index (κ1) is 13.8. The third kappa shape index (κ3) is 3.33. The van der Waals surface area contributed by atoms with E-state index in [1.807, 2.05) is 6.92 Å². The van der Waals surface area contributed by atoms with Gasteiger partial charge in [-0.25, -0.2) is 4.79 Å². The number of halogens is 1. The zero-order valence-corrected chi connectivity index (χ0v) is 11.3. The third-order valence-corrected chi connectivity index (χ3v) is 2.88. The SMILES string of the molecule is CC[C@@H](NC(=O)c1cc(Br)cn1CC)C(=O)O. The zero-order chi connectivity index (χ0) is 13.0. The summed E-state index contributed by atoms with van der Waals surface area (Å²) in [6.07, 6.45) is 2.14. The van der Waals surface area contributed by atoms with Gasteiger partial charge in [0.15, 0.2) is 0 Å². The minimum atomic E-state index is -1.02. The van der Waals surface area contributed by atoms with Crippen LogP contribution in [0.3, 0.4) is 0 Å². The average Bonchev–Trinajstić information content (AvgIpc) is 2.66. The second-order valence-electron chi connectivity index (χ2n) is 3.60. The van der Waals surface area contributed by atoms with Crippen molar-refractivity contribution in [2.24, 2.45) is 0 Å². The zero-order valence-electron chi connectivity index (χ0n) is 9.74. The predicted octanol–water partition coefficient (Wildman–Crippen LogP) is 1.86. The quantitative estimate of drug-likeness (QED) is 0.872. The molecule has 1 atom stereocenters. The molecule has 0 fully saturated rings. The summed E-state index contributed by atoms with van der Waals surface area (Å²) >= 11 is 3.29. The topological polar surface area (TPSA) is 71.3 Å². The molecule has 0 saturated carbocycles. The van der Waals surface area contributed by atoms with E-state index in [2.05, 4.69) is 21.2 Å². The first-order valence-electron chi connectivity index (χ1n) is 5.38. The monoisotopic (exact) mass is 302 g/mol. The van der Waals surface area contributed by atoms with Gasteiger partial charge in [-0.2, -0.15) is 0 Å². The first-order valence-corrected chi connectivity index (χ1v) is 6.18. The number of amides is 1. The number of aromatic nitrogens is 1. The Morgan fingerprint density at radius 2 is 2.18 bits per heavy atom. The van der Waals surface area contributed by atoms with Crippen LogP contribution in [0.4, 0.5) is 0 Å². The number of carbonyl (C=O) groups excluding carboxylic acids is 1. The highest BCUT2D eigenvalue weighted by Gasteiger charge is 2.20. The van der Waals surface area contributed by atoms with Gasteiger partial charge in [0, 0.05) is 17.2 Å². The Morgan fingerprint density at radius 1 is 1.53 bits per heavy atom. The van der Waals surface area contributed by atoms with Gasteiger partial charge < -0.3 is 15.0 Å². The van der Waals surface area contributed by atoms with E-state index in [9.17, 15) is 9.59 Å². The molecule has 6 heteroatoms. The molecular formula is C11H15BrN2O3. The van der Waals surface area contributed by atoms with Crippen molar-refractivity contribution in [3.05, 3.63) is 22.4 Å². The van der Waals surface area contributed by atoms with Crippen molar-refractivity contribution in [3.63, 3.8) is 0 Å². The van der Waals surface area contributed by atoms with Crippen molar-refractivity contribution in [1.82, 2.24) is 9.88 Å². The van der Waals surface area contributed by atoms with Crippen LogP contribution in [-0.2, 0) is 11.3 Å². The number of aliphatic carboxylic acids is 1. The minimum absolute atomic E-state index is 0.356. The van der Waals surface area contributed by atoms with E-state index < -0.39 is 12.0 Å². The maximum atomic E-state index is 11.9. The van der Waals surface area contributed by atoms with E-state index >= 15 is 0 Å². The fourth-order valence-electron chi connectivity index (χ4n) is 1.50. The Bertz CT molecular complexity index is 428. The summed E-state index contributed by atoms with van der Waals surface area (Å²) < 4.78 is 2.56. The molecule has 1 amide bonds. The molecule has 0 aliphatic carbocycles. The Labute approximate surface area is 108 Å². The number of carboxylic acids is 1. The van der Waals surface area contributed by atoms with Crippen molar-refractivity contribution in [1.29, 1.82) is 0 Å². The Hall–Kier alpha value is -1.30. The van der Waals surface area contributed by atoms with Crippen molar-refractivity contribution in [3.8, 4) is 0 Å². The third-order valence-electron chi connectivity index (χ3n) is 2.45. The second-order valence-corrected chi connectivity index (χ2v) is 4.52. The van der Waals surface area contributed by atoms with E-state index in [0.29, 0.717) is 18.7 Å². The number of nitrogens with zero attached hydrogens (tertiary/aromatic N) is 1.